The topological polar surface area (TPSA) is 64.4 Å². The Morgan fingerprint density at radius 1 is 0.731 bits per heavy atom. The number of aliphatic imine (C=N–C) groups is 1. The molecule has 0 bridgehead atoms. The Morgan fingerprint density at radius 3 is 1.65 bits per heavy atom. The summed E-state index contributed by atoms with van der Waals surface area (Å²) in [6.07, 6.45) is 18.3. The number of thioether (sulfide) groups is 1. The molecule has 4 heteroatoms. The minimum Gasteiger partial charge on any atom is -0.370 e. The van der Waals surface area contributed by atoms with Crippen molar-refractivity contribution in [3.63, 3.8) is 0 Å². The van der Waals surface area contributed by atoms with Crippen molar-refractivity contribution in [2.75, 3.05) is 5.75 Å². The fourth-order valence-electron chi connectivity index (χ4n) is 3.08. The van der Waals surface area contributed by atoms with Crippen LogP contribution in [-0.4, -0.2) is 11.7 Å². The molecule has 0 atom stereocenters. The van der Waals surface area contributed by atoms with Gasteiger partial charge in [-0.25, -0.2) is 4.99 Å². The number of guanidine groups is 1. The molecule has 0 saturated carbocycles. The van der Waals surface area contributed by atoms with Gasteiger partial charge in [0.15, 0.2) is 5.96 Å². The lowest BCUT2D eigenvalue weighted by Gasteiger charge is -2.04. The first kappa shape index (κ1) is 22.9. The van der Waals surface area contributed by atoms with Gasteiger partial charge < -0.3 is 11.5 Å². The molecule has 1 rings (SSSR count). The molecular formula is C22H39N3S. The van der Waals surface area contributed by atoms with Gasteiger partial charge >= 0.3 is 0 Å². The second-order valence-corrected chi connectivity index (χ2v) is 8.29. The standard InChI is InChI=1S/C22H39N3S/c1-2-3-4-5-6-7-8-9-10-11-12-13-14-19-26-21-17-15-20(16-18-21)25-22(23)24/h15-18H,2-14,19H2,1H3,(H4,23,24,25). The van der Waals surface area contributed by atoms with Crippen molar-refractivity contribution in [2.45, 2.75) is 95.3 Å². The third kappa shape index (κ3) is 13.1. The van der Waals surface area contributed by atoms with Gasteiger partial charge in [0.25, 0.3) is 0 Å². The maximum absolute atomic E-state index is 5.38. The molecule has 0 fully saturated rings. The zero-order valence-corrected chi connectivity index (χ0v) is 17.5. The minimum atomic E-state index is 0.109. The number of nitrogens with two attached hydrogens (primary N) is 2. The Kier molecular flexibility index (Phi) is 14.1. The van der Waals surface area contributed by atoms with E-state index in [2.05, 4.69) is 24.0 Å². The van der Waals surface area contributed by atoms with E-state index < -0.39 is 0 Å². The second kappa shape index (κ2) is 16.0. The monoisotopic (exact) mass is 377 g/mol. The van der Waals surface area contributed by atoms with E-state index in [1.54, 1.807) is 0 Å². The van der Waals surface area contributed by atoms with Gasteiger partial charge in [0.05, 0.1) is 5.69 Å². The van der Waals surface area contributed by atoms with Crippen LogP contribution in [0.2, 0.25) is 0 Å². The Labute approximate surface area is 165 Å². The average Bonchev–Trinajstić information content (AvgIpc) is 2.63. The first-order valence-corrected chi connectivity index (χ1v) is 11.5. The van der Waals surface area contributed by atoms with Crippen molar-refractivity contribution in [3.8, 4) is 0 Å². The molecule has 3 nitrogen and oxygen atoms in total. The lowest BCUT2D eigenvalue weighted by atomic mass is 10.1. The molecule has 0 heterocycles. The van der Waals surface area contributed by atoms with Gasteiger partial charge in [-0.15, -0.1) is 11.8 Å². The molecule has 1 aromatic carbocycles. The highest BCUT2D eigenvalue weighted by molar-refractivity contribution is 7.99. The largest absolute Gasteiger partial charge is 0.370 e. The van der Waals surface area contributed by atoms with Gasteiger partial charge in [0, 0.05) is 4.90 Å². The van der Waals surface area contributed by atoms with Gasteiger partial charge in [-0.3, -0.25) is 0 Å². The van der Waals surface area contributed by atoms with Crippen molar-refractivity contribution in [1.29, 1.82) is 0 Å². The summed E-state index contributed by atoms with van der Waals surface area (Å²) in [6.45, 7) is 2.28. The predicted molar refractivity (Wildman–Crippen MR) is 118 cm³/mol. The van der Waals surface area contributed by atoms with Crippen LogP contribution in [0.1, 0.15) is 90.4 Å². The smallest absolute Gasteiger partial charge is 0.191 e. The Bertz CT molecular complexity index is 467. The Hall–Kier alpha value is -1.16. The van der Waals surface area contributed by atoms with E-state index in [0.29, 0.717) is 0 Å². The zero-order chi connectivity index (χ0) is 18.9. The summed E-state index contributed by atoms with van der Waals surface area (Å²) in [6, 6.07) is 8.11. The van der Waals surface area contributed by atoms with Gasteiger partial charge in [-0.1, -0.05) is 84.0 Å². The molecular weight excluding hydrogens is 338 g/mol. The van der Waals surface area contributed by atoms with Crippen molar-refractivity contribution in [2.24, 2.45) is 16.5 Å². The highest BCUT2D eigenvalue weighted by Crippen LogP contribution is 2.23. The van der Waals surface area contributed by atoms with Crippen LogP contribution in [0.15, 0.2) is 34.2 Å². The predicted octanol–water partition coefficient (Wildman–Crippen LogP) is 6.77. The third-order valence-corrected chi connectivity index (χ3v) is 5.71. The van der Waals surface area contributed by atoms with Crippen LogP contribution < -0.4 is 11.5 Å². The molecule has 0 aliphatic heterocycles. The summed E-state index contributed by atoms with van der Waals surface area (Å²) in [5.41, 5.74) is 11.6. The van der Waals surface area contributed by atoms with E-state index >= 15 is 0 Å². The first-order valence-electron chi connectivity index (χ1n) is 10.5. The second-order valence-electron chi connectivity index (χ2n) is 7.12. The SMILES string of the molecule is CCCCCCCCCCCCCCCSc1ccc(N=C(N)N)cc1. The molecule has 0 amide bonds. The number of nitrogens with zero attached hydrogens (tertiary/aromatic N) is 1. The van der Waals surface area contributed by atoms with Crippen molar-refractivity contribution < 1.29 is 0 Å². The first-order chi connectivity index (χ1) is 12.7. The molecule has 1 aromatic rings. The van der Waals surface area contributed by atoms with Crippen LogP contribution in [0.25, 0.3) is 0 Å². The molecule has 0 aromatic heterocycles. The van der Waals surface area contributed by atoms with Gasteiger partial charge in [0.1, 0.15) is 0 Å². The molecule has 0 unspecified atom stereocenters. The van der Waals surface area contributed by atoms with E-state index in [9.17, 15) is 0 Å². The minimum absolute atomic E-state index is 0.109. The van der Waals surface area contributed by atoms with E-state index in [4.69, 9.17) is 11.5 Å². The maximum atomic E-state index is 5.38. The lowest BCUT2D eigenvalue weighted by molar-refractivity contribution is 0.543. The third-order valence-electron chi connectivity index (χ3n) is 4.61. The van der Waals surface area contributed by atoms with Gasteiger partial charge in [0.2, 0.25) is 0 Å². The van der Waals surface area contributed by atoms with Crippen molar-refractivity contribution in [3.05, 3.63) is 24.3 Å². The van der Waals surface area contributed by atoms with Crippen molar-refractivity contribution in [1.82, 2.24) is 0 Å². The summed E-state index contributed by atoms with van der Waals surface area (Å²) < 4.78 is 0. The van der Waals surface area contributed by atoms with Crippen LogP contribution >= 0.6 is 11.8 Å². The summed E-state index contributed by atoms with van der Waals surface area (Å²) in [5, 5.41) is 0. The molecule has 0 aliphatic carbocycles. The Balaban J connectivity index is 1.88. The van der Waals surface area contributed by atoms with E-state index in [0.717, 1.165) is 5.69 Å². The zero-order valence-electron chi connectivity index (χ0n) is 16.7. The van der Waals surface area contributed by atoms with Crippen LogP contribution in [-0.2, 0) is 0 Å². The maximum Gasteiger partial charge on any atom is 0.191 e. The van der Waals surface area contributed by atoms with Crippen LogP contribution in [0, 0.1) is 0 Å². The van der Waals surface area contributed by atoms with E-state index in [-0.39, 0.29) is 5.96 Å². The van der Waals surface area contributed by atoms with Crippen LogP contribution in [0.4, 0.5) is 5.69 Å². The highest BCUT2D eigenvalue weighted by Gasteiger charge is 1.97. The number of unbranched alkanes of at least 4 members (excludes halogenated alkanes) is 12. The summed E-state index contributed by atoms with van der Waals surface area (Å²) >= 11 is 1.92. The number of hydrogen-bond acceptors (Lipinski definition) is 2. The molecule has 0 radical (unpaired) electrons. The van der Waals surface area contributed by atoms with Crippen LogP contribution in [0.3, 0.4) is 0 Å². The summed E-state index contributed by atoms with van der Waals surface area (Å²) in [4.78, 5) is 5.33. The molecule has 4 N–H and O–H groups in total. The van der Waals surface area contributed by atoms with Gasteiger partial charge in [-0.05, 0) is 36.4 Å². The summed E-state index contributed by atoms with van der Waals surface area (Å²) in [5.74, 6) is 1.30. The molecule has 0 saturated heterocycles. The van der Waals surface area contributed by atoms with Gasteiger partial charge in [-0.2, -0.15) is 0 Å². The molecule has 0 spiro atoms. The molecule has 26 heavy (non-hydrogen) atoms. The number of rotatable bonds is 16. The molecule has 0 aliphatic rings. The van der Waals surface area contributed by atoms with E-state index in [1.165, 1.54) is 94.1 Å². The number of benzene rings is 1. The Morgan fingerprint density at radius 2 is 1.19 bits per heavy atom. The normalized spacial score (nSPS) is 10.8. The van der Waals surface area contributed by atoms with E-state index in [1.807, 2.05) is 23.9 Å². The number of hydrogen-bond donors (Lipinski definition) is 2. The van der Waals surface area contributed by atoms with Crippen LogP contribution in [0.5, 0.6) is 0 Å². The van der Waals surface area contributed by atoms with Crippen molar-refractivity contribution >= 4 is 23.4 Å². The highest BCUT2D eigenvalue weighted by atomic mass is 32.2. The summed E-state index contributed by atoms with van der Waals surface area (Å²) in [7, 11) is 0. The average molecular weight is 378 g/mol. The quantitative estimate of drug-likeness (QED) is 0.144. The molecule has 148 valence electrons. The fourth-order valence-corrected chi connectivity index (χ4v) is 3.99. The fraction of sp³-hybridized carbons (Fsp3) is 0.682. The lowest BCUT2D eigenvalue weighted by Crippen LogP contribution is -2.21.